The number of nitrogens with zero attached hydrogens (tertiary/aromatic N) is 1. The Balaban J connectivity index is 4.04. The minimum atomic E-state index is -3.69. The normalized spacial score (nSPS) is 12.4. The molecule has 0 aliphatic heterocycles. The minimum Gasteiger partial charge on any atom is -0.779 e. The summed E-state index contributed by atoms with van der Waals surface area (Å²) in [7, 11) is -3.69. The lowest BCUT2D eigenvalue weighted by atomic mass is 10.2. The number of ether oxygens (including phenoxy) is 5. The van der Waals surface area contributed by atoms with E-state index in [1.54, 1.807) is 4.90 Å². The molecule has 0 rings (SSSR count). The van der Waals surface area contributed by atoms with Crippen molar-refractivity contribution in [3.05, 3.63) is 0 Å². The van der Waals surface area contributed by atoms with Crippen LogP contribution in [-0.2, 0) is 47.2 Å². The molecule has 0 saturated carbocycles. The van der Waals surface area contributed by atoms with Gasteiger partial charge in [-0.05, 0) is 19.3 Å². The van der Waals surface area contributed by atoms with Crippen molar-refractivity contribution in [3.63, 3.8) is 0 Å². The highest BCUT2D eigenvalue weighted by Crippen LogP contribution is 2.31. The van der Waals surface area contributed by atoms with Crippen LogP contribution >= 0.6 is 7.60 Å². The molecule has 0 spiro atoms. The van der Waals surface area contributed by atoms with Crippen molar-refractivity contribution in [1.82, 2.24) is 15.5 Å². The van der Waals surface area contributed by atoms with Gasteiger partial charge in [0.1, 0.15) is 27.4 Å². The van der Waals surface area contributed by atoms with E-state index in [0.29, 0.717) is 26.1 Å². The van der Waals surface area contributed by atoms with Crippen molar-refractivity contribution in [2.75, 3.05) is 92.2 Å². The van der Waals surface area contributed by atoms with Gasteiger partial charge in [0.2, 0.25) is 5.91 Å². The summed E-state index contributed by atoms with van der Waals surface area (Å²) in [6.45, 7) is 6.56. The summed E-state index contributed by atoms with van der Waals surface area (Å²) >= 11 is 0. The Bertz CT molecular complexity index is 781. The van der Waals surface area contributed by atoms with E-state index >= 15 is 0 Å². The zero-order valence-corrected chi connectivity index (χ0v) is 25.4. The molecular formula is C25H47N3O12P-. The molecule has 2 N–H and O–H groups in total. The molecule has 0 aromatic rings. The average molecular weight is 613 g/mol. The van der Waals surface area contributed by atoms with Gasteiger partial charge in [0.15, 0.2) is 0 Å². The first-order valence-electron chi connectivity index (χ1n) is 13.8. The third kappa shape index (κ3) is 29.0. The molecule has 0 heterocycles. The molecule has 240 valence electrons. The first-order valence-corrected chi connectivity index (χ1v) is 15.8. The number of nitrogens with one attached hydrogen (secondary N) is 2. The second-order valence-electron chi connectivity index (χ2n) is 8.93. The van der Waals surface area contributed by atoms with Gasteiger partial charge in [-0.3, -0.25) is 14.5 Å². The number of amides is 2. The van der Waals surface area contributed by atoms with Gasteiger partial charge in [-0.2, -0.15) is 0 Å². The topological polar surface area (TPSA) is 191 Å². The Morgan fingerprint density at radius 2 is 1.46 bits per heavy atom. The Morgan fingerprint density at radius 3 is 2.15 bits per heavy atom. The van der Waals surface area contributed by atoms with Gasteiger partial charge in [-0.15, -0.1) is 0 Å². The second-order valence-corrected chi connectivity index (χ2v) is 10.7. The lowest BCUT2D eigenvalue weighted by Gasteiger charge is -2.21. The summed E-state index contributed by atoms with van der Waals surface area (Å²) < 4.78 is 41.1. The van der Waals surface area contributed by atoms with Crippen molar-refractivity contribution in [1.29, 1.82) is 0 Å². The van der Waals surface area contributed by atoms with Crippen LogP contribution in [0, 0.1) is 0 Å². The van der Waals surface area contributed by atoms with E-state index in [9.17, 15) is 28.6 Å². The molecular weight excluding hydrogens is 565 g/mol. The first-order chi connectivity index (χ1) is 19.5. The fourth-order valence-corrected chi connectivity index (χ4v) is 3.52. The van der Waals surface area contributed by atoms with E-state index in [1.807, 2.05) is 6.92 Å². The van der Waals surface area contributed by atoms with Crippen LogP contribution in [0.25, 0.3) is 0 Å². The van der Waals surface area contributed by atoms with E-state index in [-0.39, 0.29) is 71.8 Å². The van der Waals surface area contributed by atoms with Gasteiger partial charge < -0.3 is 48.3 Å². The van der Waals surface area contributed by atoms with E-state index < -0.39 is 25.6 Å². The lowest BCUT2D eigenvalue weighted by molar-refractivity contribution is -0.196. The fourth-order valence-electron chi connectivity index (χ4n) is 3.06. The molecule has 16 heteroatoms. The third-order valence-corrected chi connectivity index (χ3v) is 5.67. The molecule has 15 nitrogen and oxygen atoms in total. The van der Waals surface area contributed by atoms with Crippen LogP contribution < -0.4 is 15.5 Å². The third-order valence-electron chi connectivity index (χ3n) is 5.01. The molecule has 0 aromatic carbocycles. The zero-order chi connectivity index (χ0) is 30.8. The Kier molecular flexibility index (Phi) is 24.0. The van der Waals surface area contributed by atoms with Crippen LogP contribution in [0.2, 0.25) is 0 Å². The van der Waals surface area contributed by atoms with Crippen molar-refractivity contribution < 1.29 is 56.8 Å². The van der Waals surface area contributed by atoms with E-state index in [2.05, 4.69) is 10.6 Å². The minimum absolute atomic E-state index is 0.0158. The predicted molar refractivity (Wildman–Crippen MR) is 146 cm³/mol. The maximum atomic E-state index is 12.3. The Hall–Kier alpha value is -2.29. The fraction of sp³-hybridized carbons (Fsp3) is 0.840. The maximum absolute atomic E-state index is 12.3. The van der Waals surface area contributed by atoms with E-state index in [1.165, 1.54) is 6.92 Å². The van der Waals surface area contributed by atoms with E-state index in [4.69, 9.17) is 28.2 Å². The molecule has 0 aliphatic rings. The van der Waals surface area contributed by atoms with Gasteiger partial charge in [0.25, 0.3) is 0 Å². The highest BCUT2D eigenvalue weighted by molar-refractivity contribution is 7.50. The van der Waals surface area contributed by atoms with Crippen LogP contribution in [0.3, 0.4) is 0 Å². The number of esters is 2. The molecule has 2 amide bonds. The van der Waals surface area contributed by atoms with Gasteiger partial charge in [-0.25, -0.2) is 9.59 Å². The number of hydrogen-bond donors (Lipinski definition) is 2. The van der Waals surface area contributed by atoms with Crippen molar-refractivity contribution >= 4 is 31.5 Å². The van der Waals surface area contributed by atoms with Gasteiger partial charge in [0.05, 0.1) is 39.6 Å². The molecule has 0 fully saturated rings. The van der Waals surface area contributed by atoms with Gasteiger partial charge in [-0.1, -0.05) is 19.8 Å². The molecule has 0 saturated heterocycles. The standard InChI is InChI=1S/C25H48N3O12P/c1-4-13-39-25(32)27-10-15-35-18-19-36-21-24(31)38-17-12-28(11-16-37-22(2)29)20-23(30)26-9-7-5-6-8-14-40-41(3,33)34/h4-21H2,1-3H3,(H,26,30)(H,27,32)(H,33,34)/p-1. The molecule has 0 bridgehead atoms. The summed E-state index contributed by atoms with van der Waals surface area (Å²) in [5.74, 6) is -1.23. The highest BCUT2D eigenvalue weighted by Gasteiger charge is 2.13. The molecule has 1 atom stereocenters. The van der Waals surface area contributed by atoms with Crippen molar-refractivity contribution in [3.8, 4) is 0 Å². The molecule has 0 radical (unpaired) electrons. The predicted octanol–water partition coefficient (Wildman–Crippen LogP) is 0.441. The summed E-state index contributed by atoms with van der Waals surface area (Å²) in [5, 5.41) is 5.35. The van der Waals surface area contributed by atoms with Crippen LogP contribution in [0.5, 0.6) is 0 Å². The number of alkyl carbamates (subject to hydrolysis) is 1. The number of carbonyl (C=O) groups excluding carboxylic acids is 4. The van der Waals surface area contributed by atoms with Crippen LogP contribution in [-0.4, -0.2) is 121 Å². The number of rotatable bonds is 26. The van der Waals surface area contributed by atoms with Crippen LogP contribution in [0.15, 0.2) is 0 Å². The second kappa shape index (κ2) is 25.4. The van der Waals surface area contributed by atoms with Crippen LogP contribution in [0.1, 0.15) is 46.0 Å². The first kappa shape index (κ1) is 38.7. The number of carbonyl (C=O) groups is 4. The summed E-state index contributed by atoms with van der Waals surface area (Å²) in [5.41, 5.74) is 0. The summed E-state index contributed by atoms with van der Waals surface area (Å²) in [4.78, 5) is 59.2. The monoisotopic (exact) mass is 612 g/mol. The van der Waals surface area contributed by atoms with Gasteiger partial charge >= 0.3 is 18.0 Å². The molecule has 41 heavy (non-hydrogen) atoms. The largest absolute Gasteiger partial charge is 0.779 e. The summed E-state index contributed by atoms with van der Waals surface area (Å²) in [6.07, 6.45) is 3.18. The Morgan fingerprint density at radius 1 is 0.780 bits per heavy atom. The Labute approximate surface area is 242 Å². The molecule has 0 aromatic heterocycles. The van der Waals surface area contributed by atoms with Crippen LogP contribution in [0.4, 0.5) is 4.79 Å². The smallest absolute Gasteiger partial charge is 0.407 e. The highest BCUT2D eigenvalue weighted by atomic mass is 31.2. The SMILES string of the molecule is CCCOC(=O)NCCOCCOCC(=O)OCCN(CCOC(C)=O)CC(=O)NCCCCCCOP(C)(=O)[O-]. The van der Waals surface area contributed by atoms with Gasteiger partial charge in [0, 0.05) is 39.8 Å². The van der Waals surface area contributed by atoms with E-state index in [0.717, 1.165) is 32.3 Å². The molecule has 1 unspecified atom stereocenters. The zero-order valence-electron chi connectivity index (χ0n) is 24.5. The van der Waals surface area contributed by atoms with Crippen molar-refractivity contribution in [2.45, 2.75) is 46.0 Å². The lowest BCUT2D eigenvalue weighted by Crippen LogP contribution is -2.41. The maximum Gasteiger partial charge on any atom is 0.407 e. The number of unbranched alkanes of at least 4 members (excludes halogenated alkanes) is 3. The summed E-state index contributed by atoms with van der Waals surface area (Å²) in [6, 6.07) is 0. The average Bonchev–Trinajstić information content (AvgIpc) is 2.89. The molecule has 0 aliphatic carbocycles. The quantitative estimate of drug-likeness (QED) is 0.0593. The van der Waals surface area contributed by atoms with Crippen molar-refractivity contribution in [2.24, 2.45) is 0 Å². The number of hydrogen-bond acceptors (Lipinski definition) is 13.